The minimum atomic E-state index is -4.44. The molecule has 16 heavy (non-hydrogen) atoms. The van der Waals surface area contributed by atoms with Crippen LogP contribution in [0.25, 0.3) is 0 Å². The standard InChI is InChI=1S/C9H9F4NO2/c10-6-2-1-3-7(14)8(6)16-5-15-4-9(11,12)13/h1-3H,4-5,14H2. The van der Waals surface area contributed by atoms with E-state index in [9.17, 15) is 17.6 Å². The van der Waals surface area contributed by atoms with Crippen molar-refractivity contribution in [3.63, 3.8) is 0 Å². The zero-order valence-corrected chi connectivity index (χ0v) is 8.05. The largest absolute Gasteiger partial charge is 0.462 e. The number of para-hydroxylation sites is 1. The summed E-state index contributed by atoms with van der Waals surface area (Å²) >= 11 is 0. The first-order valence-corrected chi connectivity index (χ1v) is 4.21. The molecule has 0 heterocycles. The van der Waals surface area contributed by atoms with Crippen molar-refractivity contribution in [3.05, 3.63) is 24.0 Å². The number of alkyl halides is 3. The van der Waals surface area contributed by atoms with Crippen LogP contribution in [0.1, 0.15) is 0 Å². The Hall–Kier alpha value is -1.50. The van der Waals surface area contributed by atoms with Crippen molar-refractivity contribution in [1.82, 2.24) is 0 Å². The second-order valence-electron chi connectivity index (χ2n) is 2.88. The van der Waals surface area contributed by atoms with E-state index in [1.165, 1.54) is 12.1 Å². The number of hydrogen-bond acceptors (Lipinski definition) is 3. The molecule has 0 aliphatic heterocycles. The SMILES string of the molecule is Nc1cccc(F)c1OCOCC(F)(F)F. The van der Waals surface area contributed by atoms with Crippen molar-refractivity contribution in [1.29, 1.82) is 0 Å². The van der Waals surface area contributed by atoms with Crippen molar-refractivity contribution in [2.75, 3.05) is 19.1 Å². The number of nitrogens with two attached hydrogens (primary N) is 1. The first-order valence-electron chi connectivity index (χ1n) is 4.21. The molecule has 0 aliphatic carbocycles. The van der Waals surface area contributed by atoms with Crippen LogP contribution in [0, 0.1) is 5.82 Å². The number of halogens is 4. The predicted molar refractivity (Wildman–Crippen MR) is 48.3 cm³/mol. The molecule has 0 saturated heterocycles. The molecule has 0 aromatic heterocycles. The molecule has 0 saturated carbocycles. The Morgan fingerprint density at radius 1 is 1.25 bits per heavy atom. The fourth-order valence-electron chi connectivity index (χ4n) is 0.936. The molecule has 2 N–H and O–H groups in total. The first kappa shape index (κ1) is 12.6. The molecule has 0 fully saturated rings. The molecule has 0 atom stereocenters. The van der Waals surface area contributed by atoms with Crippen LogP contribution in [-0.4, -0.2) is 19.6 Å². The lowest BCUT2D eigenvalue weighted by Crippen LogP contribution is -2.19. The fraction of sp³-hybridized carbons (Fsp3) is 0.333. The van der Waals surface area contributed by atoms with Crippen molar-refractivity contribution >= 4 is 5.69 Å². The van der Waals surface area contributed by atoms with Gasteiger partial charge >= 0.3 is 6.18 Å². The van der Waals surface area contributed by atoms with E-state index in [0.717, 1.165) is 6.07 Å². The topological polar surface area (TPSA) is 44.5 Å². The van der Waals surface area contributed by atoms with Crippen LogP contribution in [0.15, 0.2) is 18.2 Å². The van der Waals surface area contributed by atoms with Gasteiger partial charge in [-0.05, 0) is 12.1 Å². The maximum atomic E-state index is 13.0. The van der Waals surface area contributed by atoms with Gasteiger partial charge in [-0.2, -0.15) is 13.2 Å². The summed E-state index contributed by atoms with van der Waals surface area (Å²) in [6, 6.07) is 3.80. The highest BCUT2D eigenvalue weighted by molar-refractivity contribution is 5.52. The van der Waals surface area contributed by atoms with Crippen LogP contribution in [0.5, 0.6) is 5.75 Å². The van der Waals surface area contributed by atoms with E-state index in [4.69, 9.17) is 5.73 Å². The van der Waals surface area contributed by atoms with E-state index in [1.807, 2.05) is 0 Å². The van der Waals surface area contributed by atoms with Crippen molar-refractivity contribution in [2.24, 2.45) is 0 Å². The highest BCUT2D eigenvalue weighted by Gasteiger charge is 2.27. The highest BCUT2D eigenvalue weighted by atomic mass is 19.4. The van der Waals surface area contributed by atoms with E-state index in [0.29, 0.717) is 0 Å². The number of ether oxygens (including phenoxy) is 2. The quantitative estimate of drug-likeness (QED) is 0.379. The molecule has 0 unspecified atom stereocenters. The molecule has 7 heteroatoms. The van der Waals surface area contributed by atoms with Gasteiger partial charge in [0, 0.05) is 0 Å². The van der Waals surface area contributed by atoms with Crippen LogP contribution in [0.3, 0.4) is 0 Å². The van der Waals surface area contributed by atoms with Gasteiger partial charge in [0.2, 0.25) is 0 Å². The summed E-state index contributed by atoms with van der Waals surface area (Å²) in [5.74, 6) is -1.07. The summed E-state index contributed by atoms with van der Waals surface area (Å²) in [5.41, 5.74) is 5.34. The Kier molecular flexibility index (Phi) is 3.94. The van der Waals surface area contributed by atoms with Gasteiger partial charge in [0.15, 0.2) is 18.4 Å². The summed E-state index contributed by atoms with van der Waals surface area (Å²) < 4.78 is 56.8. The first-order chi connectivity index (χ1) is 7.40. The fourth-order valence-corrected chi connectivity index (χ4v) is 0.936. The number of rotatable bonds is 4. The summed E-state index contributed by atoms with van der Waals surface area (Å²) in [7, 11) is 0. The van der Waals surface area contributed by atoms with Crippen LogP contribution in [0.4, 0.5) is 23.2 Å². The van der Waals surface area contributed by atoms with Gasteiger partial charge in [-0.1, -0.05) is 6.07 Å². The van der Waals surface area contributed by atoms with Gasteiger partial charge < -0.3 is 15.2 Å². The smallest absolute Gasteiger partial charge is 0.411 e. The van der Waals surface area contributed by atoms with Crippen molar-refractivity contribution < 1.29 is 27.0 Å². The Morgan fingerprint density at radius 3 is 2.50 bits per heavy atom. The summed E-state index contributed by atoms with van der Waals surface area (Å²) in [6.07, 6.45) is -4.44. The number of benzene rings is 1. The van der Waals surface area contributed by atoms with E-state index >= 15 is 0 Å². The third-order valence-corrected chi connectivity index (χ3v) is 1.55. The lowest BCUT2D eigenvalue weighted by molar-refractivity contribution is -0.186. The zero-order valence-electron chi connectivity index (χ0n) is 8.05. The average molecular weight is 239 g/mol. The van der Waals surface area contributed by atoms with Crippen LogP contribution in [-0.2, 0) is 4.74 Å². The van der Waals surface area contributed by atoms with Crippen molar-refractivity contribution in [2.45, 2.75) is 6.18 Å². The molecule has 0 radical (unpaired) electrons. The minimum absolute atomic E-state index is 0.00407. The van der Waals surface area contributed by atoms with E-state index < -0.39 is 25.4 Å². The molecule has 3 nitrogen and oxygen atoms in total. The molecule has 90 valence electrons. The van der Waals surface area contributed by atoms with Crippen molar-refractivity contribution in [3.8, 4) is 5.75 Å². The monoisotopic (exact) mass is 239 g/mol. The van der Waals surface area contributed by atoms with Gasteiger partial charge in [0.05, 0.1) is 5.69 Å². The molecule has 0 aliphatic rings. The summed E-state index contributed by atoms with van der Waals surface area (Å²) in [6.45, 7) is -2.17. The van der Waals surface area contributed by atoms with Crippen LogP contribution in [0.2, 0.25) is 0 Å². The van der Waals surface area contributed by atoms with Crippen LogP contribution >= 0.6 is 0 Å². The zero-order chi connectivity index (χ0) is 12.2. The molecule has 1 aromatic rings. The molecule has 0 spiro atoms. The molecular formula is C9H9F4NO2. The Balaban J connectivity index is 2.43. The Bertz CT molecular complexity index is 334. The number of hydrogen-bond donors (Lipinski definition) is 1. The lowest BCUT2D eigenvalue weighted by atomic mass is 10.3. The van der Waals surface area contributed by atoms with Gasteiger partial charge in [-0.15, -0.1) is 0 Å². The number of nitrogen functional groups attached to an aromatic ring is 1. The molecule has 0 amide bonds. The predicted octanol–water partition coefficient (Wildman–Crippen LogP) is 2.32. The van der Waals surface area contributed by atoms with Gasteiger partial charge in [-0.25, -0.2) is 4.39 Å². The molecular weight excluding hydrogens is 230 g/mol. The third kappa shape index (κ3) is 3.93. The maximum absolute atomic E-state index is 13.0. The highest BCUT2D eigenvalue weighted by Crippen LogP contribution is 2.24. The van der Waals surface area contributed by atoms with E-state index in [-0.39, 0.29) is 11.4 Å². The average Bonchev–Trinajstić information content (AvgIpc) is 2.14. The maximum Gasteiger partial charge on any atom is 0.411 e. The van der Waals surface area contributed by atoms with E-state index in [2.05, 4.69) is 9.47 Å². The molecule has 1 aromatic carbocycles. The minimum Gasteiger partial charge on any atom is -0.462 e. The van der Waals surface area contributed by atoms with E-state index in [1.54, 1.807) is 0 Å². The normalized spacial score (nSPS) is 11.5. The lowest BCUT2D eigenvalue weighted by Gasteiger charge is -2.11. The summed E-state index contributed by atoms with van der Waals surface area (Å²) in [4.78, 5) is 0. The third-order valence-electron chi connectivity index (χ3n) is 1.55. The van der Waals surface area contributed by atoms with Gasteiger partial charge in [0.25, 0.3) is 0 Å². The molecule has 0 bridgehead atoms. The Morgan fingerprint density at radius 2 is 1.94 bits per heavy atom. The second-order valence-corrected chi connectivity index (χ2v) is 2.88. The second kappa shape index (κ2) is 5.02. The number of anilines is 1. The van der Waals surface area contributed by atoms with Gasteiger partial charge in [-0.3, -0.25) is 0 Å². The summed E-state index contributed by atoms with van der Waals surface area (Å²) in [5, 5.41) is 0. The van der Waals surface area contributed by atoms with Crippen LogP contribution < -0.4 is 10.5 Å². The molecule has 1 rings (SSSR count). The van der Waals surface area contributed by atoms with Gasteiger partial charge in [0.1, 0.15) is 6.61 Å². The Labute approximate surface area is 88.8 Å².